The van der Waals surface area contributed by atoms with Crippen LogP contribution in [0.5, 0.6) is 0 Å². The molecule has 0 bridgehead atoms. The van der Waals surface area contributed by atoms with E-state index in [1.54, 1.807) is 0 Å². The fraction of sp³-hybridized carbons (Fsp3) is 0.583. The SMILES string of the molecule is [2H]c1c([2H])c([2H])[n+](CCCCCCC)c([2H])c1[2H]. The van der Waals surface area contributed by atoms with E-state index in [1.807, 2.05) is 0 Å². The first-order chi connectivity index (χ1) is 8.50. The lowest BCUT2D eigenvalue weighted by Crippen LogP contribution is -2.32. The minimum atomic E-state index is -0.327. The zero-order valence-corrected chi connectivity index (χ0v) is 8.19. The number of hydrogen-bond acceptors (Lipinski definition) is 0. The molecular formula is C12H20N+. The molecule has 0 aliphatic rings. The lowest BCUT2D eigenvalue weighted by molar-refractivity contribution is -0.697. The van der Waals surface area contributed by atoms with E-state index >= 15 is 0 Å². The van der Waals surface area contributed by atoms with Gasteiger partial charge in [-0.15, -0.1) is 0 Å². The molecular weight excluding hydrogens is 158 g/mol. The van der Waals surface area contributed by atoms with Crippen molar-refractivity contribution in [3.63, 3.8) is 0 Å². The molecule has 0 aliphatic heterocycles. The lowest BCUT2D eigenvalue weighted by Gasteiger charge is -1.97. The largest absolute Gasteiger partial charge is 0.205 e. The van der Waals surface area contributed by atoms with Crippen LogP contribution in [0.15, 0.2) is 30.5 Å². The van der Waals surface area contributed by atoms with Crippen LogP contribution >= 0.6 is 0 Å². The average Bonchev–Trinajstić information content (AvgIpc) is 2.37. The van der Waals surface area contributed by atoms with Crippen LogP contribution in [0.2, 0.25) is 0 Å². The molecule has 72 valence electrons. The first-order valence-corrected chi connectivity index (χ1v) is 4.97. The Bertz CT molecular complexity index is 390. The van der Waals surface area contributed by atoms with Crippen LogP contribution in [-0.4, -0.2) is 0 Å². The molecule has 0 saturated carbocycles. The summed E-state index contributed by atoms with van der Waals surface area (Å²) >= 11 is 0. The first-order valence-electron chi connectivity index (χ1n) is 7.47. The molecule has 13 heavy (non-hydrogen) atoms. The van der Waals surface area contributed by atoms with E-state index < -0.39 is 0 Å². The first kappa shape index (κ1) is 5.14. The van der Waals surface area contributed by atoms with Crippen LogP contribution in [0.1, 0.15) is 45.9 Å². The predicted molar refractivity (Wildman–Crippen MR) is 55.4 cm³/mol. The quantitative estimate of drug-likeness (QED) is 0.471. The van der Waals surface area contributed by atoms with Gasteiger partial charge in [-0.25, -0.2) is 4.57 Å². The van der Waals surface area contributed by atoms with Crippen molar-refractivity contribution in [2.75, 3.05) is 0 Å². The second kappa shape index (κ2) is 6.64. The van der Waals surface area contributed by atoms with Gasteiger partial charge in [-0.1, -0.05) is 32.2 Å². The van der Waals surface area contributed by atoms with Gasteiger partial charge >= 0.3 is 0 Å². The highest BCUT2D eigenvalue weighted by Crippen LogP contribution is 2.01. The van der Waals surface area contributed by atoms with E-state index in [9.17, 15) is 0 Å². The van der Waals surface area contributed by atoms with Crippen LogP contribution < -0.4 is 4.57 Å². The van der Waals surface area contributed by atoms with Crippen molar-refractivity contribution >= 4 is 0 Å². The molecule has 0 aromatic carbocycles. The maximum atomic E-state index is 7.74. The summed E-state index contributed by atoms with van der Waals surface area (Å²) in [5.74, 6) is 0. The molecule has 0 spiro atoms. The van der Waals surface area contributed by atoms with Gasteiger partial charge in [-0.2, -0.15) is 0 Å². The summed E-state index contributed by atoms with van der Waals surface area (Å²) in [6.07, 6.45) is 5.11. The highest BCUT2D eigenvalue weighted by Gasteiger charge is 1.96. The Morgan fingerprint density at radius 2 is 1.69 bits per heavy atom. The molecule has 1 nitrogen and oxygen atoms in total. The number of hydrogen-bond donors (Lipinski definition) is 0. The van der Waals surface area contributed by atoms with E-state index in [2.05, 4.69) is 6.92 Å². The smallest absolute Gasteiger partial charge is 0.168 e. The molecule has 1 heteroatoms. The third kappa shape index (κ3) is 4.66. The Hall–Kier alpha value is -0.850. The maximum absolute atomic E-state index is 7.74. The summed E-state index contributed by atoms with van der Waals surface area (Å²) < 4.78 is 39.4. The molecule has 1 rings (SSSR count). The minimum absolute atomic E-state index is 0.128. The van der Waals surface area contributed by atoms with Crippen LogP contribution in [0, 0.1) is 0 Å². The molecule has 0 atom stereocenters. The van der Waals surface area contributed by atoms with E-state index in [4.69, 9.17) is 6.85 Å². The topological polar surface area (TPSA) is 3.88 Å². The Kier molecular flexibility index (Phi) is 2.62. The Morgan fingerprint density at radius 1 is 1.00 bits per heavy atom. The fourth-order valence-corrected chi connectivity index (χ4v) is 1.24. The molecule has 1 heterocycles. The van der Waals surface area contributed by atoms with Crippen molar-refractivity contribution in [1.82, 2.24) is 0 Å². The minimum Gasteiger partial charge on any atom is -0.205 e. The van der Waals surface area contributed by atoms with Gasteiger partial charge in [0, 0.05) is 18.5 Å². The lowest BCUT2D eigenvalue weighted by atomic mass is 10.1. The highest BCUT2D eigenvalue weighted by atomic mass is 14.9. The molecule has 0 N–H and O–H groups in total. The molecule has 1 aromatic rings. The van der Waals surface area contributed by atoms with Gasteiger partial charge in [0.15, 0.2) is 12.3 Å². The Labute approximate surface area is 88.4 Å². The number of rotatable bonds is 6. The van der Waals surface area contributed by atoms with Crippen molar-refractivity contribution < 1.29 is 11.4 Å². The van der Waals surface area contributed by atoms with Crippen molar-refractivity contribution in [1.29, 1.82) is 0 Å². The van der Waals surface area contributed by atoms with Gasteiger partial charge in [0.05, 0.1) is 4.11 Å². The van der Waals surface area contributed by atoms with Crippen LogP contribution in [-0.2, 0) is 6.54 Å². The summed E-state index contributed by atoms with van der Waals surface area (Å²) in [6, 6.07) is -0.846. The van der Waals surface area contributed by atoms with E-state index in [0.717, 1.165) is 19.3 Å². The molecule has 0 unspecified atom stereocenters. The number of unbranched alkanes of at least 4 members (excludes halogenated alkanes) is 4. The van der Waals surface area contributed by atoms with Crippen molar-refractivity contribution in [3.05, 3.63) is 30.5 Å². The van der Waals surface area contributed by atoms with Crippen molar-refractivity contribution in [2.45, 2.75) is 45.6 Å². The molecule has 1 aromatic heterocycles. The average molecular weight is 183 g/mol. The van der Waals surface area contributed by atoms with Gasteiger partial charge in [0.25, 0.3) is 0 Å². The highest BCUT2D eigenvalue weighted by molar-refractivity contribution is 4.83. The molecule has 0 radical (unpaired) electrons. The molecule has 0 aliphatic carbocycles. The summed E-state index contributed by atoms with van der Waals surface area (Å²) in [5.41, 5.74) is 0. The molecule has 0 saturated heterocycles. The zero-order valence-electron chi connectivity index (χ0n) is 13.2. The number of aromatic nitrogens is 1. The van der Waals surface area contributed by atoms with Crippen LogP contribution in [0.4, 0.5) is 0 Å². The van der Waals surface area contributed by atoms with Crippen LogP contribution in [0.3, 0.4) is 0 Å². The fourth-order valence-electron chi connectivity index (χ4n) is 1.24. The Balaban J connectivity index is 2.77. The Morgan fingerprint density at radius 3 is 2.38 bits per heavy atom. The number of pyridine rings is 1. The summed E-state index contributed by atoms with van der Waals surface area (Å²) in [5, 5.41) is 0. The third-order valence-corrected chi connectivity index (χ3v) is 1.99. The van der Waals surface area contributed by atoms with Gasteiger partial charge in [-0.05, 0) is 6.42 Å². The second-order valence-corrected chi connectivity index (χ2v) is 3.16. The number of nitrogens with zero attached hydrogens (tertiary/aromatic N) is 1. The van der Waals surface area contributed by atoms with E-state index in [1.165, 1.54) is 17.4 Å². The standard InChI is InChI=1S/C12H20N/c1-2-3-4-5-7-10-13-11-8-6-9-12-13/h6,8-9,11-12H,2-5,7,10H2,1H3/q+1/i6D,8D,9D,11D,12D. The van der Waals surface area contributed by atoms with Crippen LogP contribution in [0.25, 0.3) is 0 Å². The third-order valence-electron chi connectivity index (χ3n) is 1.99. The predicted octanol–water partition coefficient (Wildman–Crippen LogP) is 2.94. The van der Waals surface area contributed by atoms with Gasteiger partial charge in [-0.3, -0.25) is 0 Å². The van der Waals surface area contributed by atoms with Crippen molar-refractivity contribution in [3.8, 4) is 0 Å². The molecule has 0 fully saturated rings. The normalized spacial score (nSPS) is 15.6. The summed E-state index contributed by atoms with van der Waals surface area (Å²) in [7, 11) is 0. The van der Waals surface area contributed by atoms with E-state index in [-0.39, 0.29) is 30.5 Å². The molecule has 0 amide bonds. The summed E-state index contributed by atoms with van der Waals surface area (Å²) in [4.78, 5) is 0. The van der Waals surface area contributed by atoms with Gasteiger partial charge in [0.1, 0.15) is 9.29 Å². The monoisotopic (exact) mass is 183 g/mol. The van der Waals surface area contributed by atoms with Gasteiger partial charge in [0.2, 0.25) is 0 Å². The maximum Gasteiger partial charge on any atom is 0.168 e. The van der Waals surface area contributed by atoms with Crippen molar-refractivity contribution in [2.24, 2.45) is 0 Å². The van der Waals surface area contributed by atoms with E-state index in [0.29, 0.717) is 6.54 Å². The second-order valence-electron chi connectivity index (χ2n) is 3.16. The zero-order chi connectivity index (χ0) is 13.7. The summed E-state index contributed by atoms with van der Waals surface area (Å²) in [6.45, 7) is 2.63. The van der Waals surface area contributed by atoms with Gasteiger partial charge < -0.3 is 0 Å².